The zero-order chi connectivity index (χ0) is 14.2. The molecule has 2 atom stereocenters. The van der Waals surface area contributed by atoms with Gasteiger partial charge >= 0.3 is 0 Å². The van der Waals surface area contributed by atoms with Crippen molar-refractivity contribution in [1.82, 2.24) is 4.31 Å². The third-order valence-electron chi connectivity index (χ3n) is 2.96. The molecule has 0 saturated carbocycles. The van der Waals surface area contributed by atoms with Gasteiger partial charge in [-0.05, 0) is 32.0 Å². The largest absolute Gasteiger partial charge is 0.399 e. The van der Waals surface area contributed by atoms with E-state index in [1.54, 1.807) is 13.8 Å². The molecule has 1 aliphatic heterocycles. The van der Waals surface area contributed by atoms with Crippen molar-refractivity contribution in [3.05, 3.63) is 24.0 Å². The van der Waals surface area contributed by atoms with Gasteiger partial charge in [-0.3, -0.25) is 0 Å². The van der Waals surface area contributed by atoms with Crippen LogP contribution in [0.25, 0.3) is 0 Å². The Hall–Kier alpha value is -1.18. The van der Waals surface area contributed by atoms with E-state index in [2.05, 4.69) is 0 Å². The molecule has 2 rings (SSSR count). The van der Waals surface area contributed by atoms with E-state index in [-0.39, 0.29) is 35.9 Å². The lowest BCUT2D eigenvalue weighted by Crippen LogP contribution is -2.48. The Morgan fingerprint density at radius 2 is 1.89 bits per heavy atom. The highest BCUT2D eigenvalue weighted by atomic mass is 32.2. The van der Waals surface area contributed by atoms with Gasteiger partial charge in [-0.25, -0.2) is 12.8 Å². The smallest absolute Gasteiger partial charge is 0.246 e. The van der Waals surface area contributed by atoms with Crippen molar-refractivity contribution in [3.63, 3.8) is 0 Å². The van der Waals surface area contributed by atoms with E-state index in [4.69, 9.17) is 10.5 Å². The third-order valence-corrected chi connectivity index (χ3v) is 4.82. The van der Waals surface area contributed by atoms with Gasteiger partial charge in [0.1, 0.15) is 10.7 Å². The zero-order valence-corrected chi connectivity index (χ0v) is 11.7. The van der Waals surface area contributed by atoms with Gasteiger partial charge in [0, 0.05) is 18.8 Å². The van der Waals surface area contributed by atoms with Crippen molar-refractivity contribution in [2.24, 2.45) is 0 Å². The van der Waals surface area contributed by atoms with Crippen molar-refractivity contribution in [2.75, 3.05) is 18.8 Å². The normalized spacial score (nSPS) is 25.4. The maximum atomic E-state index is 13.8. The van der Waals surface area contributed by atoms with Crippen LogP contribution in [-0.4, -0.2) is 38.0 Å². The first-order valence-corrected chi connectivity index (χ1v) is 7.45. The zero-order valence-electron chi connectivity index (χ0n) is 10.8. The number of hydrogen-bond donors (Lipinski definition) is 1. The van der Waals surface area contributed by atoms with Crippen LogP contribution in [-0.2, 0) is 14.8 Å². The number of hydrogen-bond acceptors (Lipinski definition) is 4. The van der Waals surface area contributed by atoms with E-state index in [9.17, 15) is 12.8 Å². The molecule has 2 unspecified atom stereocenters. The minimum absolute atomic E-state index is 0.195. The topological polar surface area (TPSA) is 72.6 Å². The maximum Gasteiger partial charge on any atom is 0.246 e. The van der Waals surface area contributed by atoms with Crippen LogP contribution < -0.4 is 5.73 Å². The van der Waals surface area contributed by atoms with Gasteiger partial charge < -0.3 is 10.5 Å². The lowest BCUT2D eigenvalue weighted by atomic mass is 10.3. The summed E-state index contributed by atoms with van der Waals surface area (Å²) in [6.45, 7) is 4.02. The first-order chi connectivity index (χ1) is 8.80. The Morgan fingerprint density at radius 3 is 2.42 bits per heavy atom. The summed E-state index contributed by atoms with van der Waals surface area (Å²) in [5.74, 6) is -0.827. The summed E-state index contributed by atoms with van der Waals surface area (Å²) >= 11 is 0. The summed E-state index contributed by atoms with van der Waals surface area (Å²) in [6, 6.07) is 3.59. The van der Waals surface area contributed by atoms with Gasteiger partial charge in [-0.15, -0.1) is 0 Å². The standard InChI is InChI=1S/C12H17FN2O3S/c1-8-6-15(7-9(2)18-8)19(16,17)12-4-3-10(14)5-11(12)13/h3-5,8-9H,6-7,14H2,1-2H3. The van der Waals surface area contributed by atoms with E-state index >= 15 is 0 Å². The van der Waals surface area contributed by atoms with Crippen molar-refractivity contribution in [2.45, 2.75) is 31.0 Å². The lowest BCUT2D eigenvalue weighted by Gasteiger charge is -2.34. The second-order valence-electron chi connectivity index (χ2n) is 4.77. The van der Waals surface area contributed by atoms with E-state index < -0.39 is 15.8 Å². The molecular formula is C12H17FN2O3S. The van der Waals surface area contributed by atoms with E-state index in [0.29, 0.717) is 0 Å². The molecule has 7 heteroatoms. The summed E-state index contributed by atoms with van der Waals surface area (Å²) < 4.78 is 45.3. The summed E-state index contributed by atoms with van der Waals surface area (Å²) in [6.07, 6.45) is -0.425. The van der Waals surface area contributed by atoms with Gasteiger partial charge in [0.2, 0.25) is 10.0 Å². The number of benzene rings is 1. The number of rotatable bonds is 2. The van der Waals surface area contributed by atoms with Crippen LogP contribution in [0, 0.1) is 5.82 Å². The second-order valence-corrected chi connectivity index (χ2v) is 6.68. The van der Waals surface area contributed by atoms with Crippen LogP contribution in [0.5, 0.6) is 0 Å². The molecule has 0 aliphatic carbocycles. The van der Waals surface area contributed by atoms with Gasteiger partial charge in [-0.2, -0.15) is 4.31 Å². The average Bonchev–Trinajstić information content (AvgIpc) is 2.26. The molecule has 1 heterocycles. The molecule has 1 aliphatic rings. The quantitative estimate of drug-likeness (QED) is 0.830. The average molecular weight is 288 g/mol. The molecule has 0 aromatic heterocycles. The molecule has 2 N–H and O–H groups in total. The Labute approximate surface area is 112 Å². The number of ether oxygens (including phenoxy) is 1. The SMILES string of the molecule is CC1CN(S(=O)(=O)c2ccc(N)cc2F)CC(C)O1. The molecule has 106 valence electrons. The van der Waals surface area contributed by atoms with Gasteiger partial charge in [0.15, 0.2) is 0 Å². The van der Waals surface area contributed by atoms with Crippen molar-refractivity contribution < 1.29 is 17.5 Å². The van der Waals surface area contributed by atoms with Crippen LogP contribution in [0.2, 0.25) is 0 Å². The molecule has 0 spiro atoms. The van der Waals surface area contributed by atoms with Crippen LogP contribution in [0.4, 0.5) is 10.1 Å². The first-order valence-electron chi connectivity index (χ1n) is 6.01. The number of morpholine rings is 1. The highest BCUT2D eigenvalue weighted by Gasteiger charge is 2.33. The third kappa shape index (κ3) is 2.88. The number of sulfonamides is 1. The molecule has 1 saturated heterocycles. The molecule has 5 nitrogen and oxygen atoms in total. The molecule has 1 aromatic rings. The van der Waals surface area contributed by atoms with Crippen LogP contribution in [0.3, 0.4) is 0 Å². The number of halogens is 1. The van der Waals surface area contributed by atoms with Crippen LogP contribution >= 0.6 is 0 Å². The number of nitrogens with zero attached hydrogens (tertiary/aromatic N) is 1. The Kier molecular flexibility index (Phi) is 3.80. The Morgan fingerprint density at radius 1 is 1.32 bits per heavy atom. The fraction of sp³-hybridized carbons (Fsp3) is 0.500. The summed E-state index contributed by atoms with van der Waals surface area (Å²) in [7, 11) is -3.85. The first kappa shape index (κ1) is 14.2. The van der Waals surface area contributed by atoms with Crippen molar-refractivity contribution in [1.29, 1.82) is 0 Å². The fourth-order valence-electron chi connectivity index (χ4n) is 2.19. The summed E-state index contributed by atoms with van der Waals surface area (Å²) in [5.41, 5.74) is 5.62. The minimum atomic E-state index is -3.85. The van der Waals surface area contributed by atoms with Crippen molar-refractivity contribution in [3.8, 4) is 0 Å². The number of nitrogens with two attached hydrogens (primary N) is 1. The van der Waals surface area contributed by atoms with Gasteiger partial charge in [-0.1, -0.05) is 0 Å². The van der Waals surface area contributed by atoms with Crippen molar-refractivity contribution >= 4 is 15.7 Å². The van der Waals surface area contributed by atoms with E-state index in [0.717, 1.165) is 6.07 Å². The maximum absolute atomic E-state index is 13.8. The second kappa shape index (κ2) is 5.07. The van der Waals surface area contributed by atoms with E-state index in [1.165, 1.54) is 16.4 Å². The van der Waals surface area contributed by atoms with Crippen LogP contribution in [0.1, 0.15) is 13.8 Å². The molecule has 0 radical (unpaired) electrons. The fourth-order valence-corrected chi connectivity index (χ4v) is 3.83. The summed E-state index contributed by atoms with van der Waals surface area (Å²) in [5, 5.41) is 0. The Bertz CT molecular complexity index is 566. The van der Waals surface area contributed by atoms with Crippen LogP contribution in [0.15, 0.2) is 23.1 Å². The number of nitrogen functional groups attached to an aromatic ring is 1. The minimum Gasteiger partial charge on any atom is -0.399 e. The molecule has 0 bridgehead atoms. The highest BCUT2D eigenvalue weighted by Crippen LogP contribution is 2.24. The predicted molar refractivity (Wildman–Crippen MR) is 69.6 cm³/mol. The molecule has 19 heavy (non-hydrogen) atoms. The van der Waals surface area contributed by atoms with Gasteiger partial charge in [0.25, 0.3) is 0 Å². The molecule has 1 fully saturated rings. The molecular weight excluding hydrogens is 271 g/mol. The lowest BCUT2D eigenvalue weighted by molar-refractivity contribution is -0.0441. The summed E-state index contributed by atoms with van der Waals surface area (Å²) in [4.78, 5) is -0.344. The Balaban J connectivity index is 2.36. The predicted octanol–water partition coefficient (Wildman–Crippen LogP) is 1.21. The number of anilines is 1. The molecule has 1 aromatic carbocycles. The molecule has 0 amide bonds. The van der Waals surface area contributed by atoms with Gasteiger partial charge in [0.05, 0.1) is 12.2 Å². The monoisotopic (exact) mass is 288 g/mol. The van der Waals surface area contributed by atoms with E-state index in [1.807, 2.05) is 0 Å². The highest BCUT2D eigenvalue weighted by molar-refractivity contribution is 7.89.